The molecule has 0 amide bonds. The number of benzene rings is 1. The molecule has 1 aromatic carbocycles. The van der Waals surface area contributed by atoms with E-state index in [1.54, 1.807) is 14.2 Å². The molecule has 1 aromatic rings. The van der Waals surface area contributed by atoms with Gasteiger partial charge in [-0.15, -0.1) is 0 Å². The number of aryl methyl sites for hydroxylation is 1. The van der Waals surface area contributed by atoms with Crippen LogP contribution in [0.15, 0.2) is 18.2 Å². The topological polar surface area (TPSA) is 30.9 Å². The second-order valence-corrected chi connectivity index (χ2v) is 6.23. The monoisotopic (exact) mass is 323 g/mol. The fraction of sp³-hybridized carbons (Fsp3) is 0.684. The molecule has 0 saturated heterocycles. The maximum Gasteiger partial charge on any atom is 0.122 e. The number of hydrogen-bond donors (Lipinski definition) is 0. The summed E-state index contributed by atoms with van der Waals surface area (Å²) < 4.78 is 16.4. The number of methoxy groups -OCH3 is 2. The van der Waals surface area contributed by atoms with E-state index in [1.165, 1.54) is 11.1 Å². The quantitative estimate of drug-likeness (QED) is 0.551. The highest BCUT2D eigenvalue weighted by Crippen LogP contribution is 2.27. The zero-order chi connectivity index (χ0) is 17.1. The van der Waals surface area contributed by atoms with Crippen LogP contribution in [-0.4, -0.2) is 58.6 Å². The van der Waals surface area contributed by atoms with Crippen molar-refractivity contribution in [2.24, 2.45) is 0 Å². The minimum atomic E-state index is 0.477. The molecule has 0 heterocycles. The first-order chi connectivity index (χ1) is 11.1. The van der Waals surface area contributed by atoms with Gasteiger partial charge in [-0.25, -0.2) is 0 Å². The molecular formula is C19H33NO3. The van der Waals surface area contributed by atoms with Crippen molar-refractivity contribution in [3.05, 3.63) is 29.3 Å². The molecule has 23 heavy (non-hydrogen) atoms. The molecule has 0 fully saturated rings. The van der Waals surface area contributed by atoms with E-state index in [-0.39, 0.29) is 0 Å². The fourth-order valence-corrected chi connectivity index (χ4v) is 2.49. The predicted molar refractivity (Wildman–Crippen MR) is 95.6 cm³/mol. The van der Waals surface area contributed by atoms with Crippen LogP contribution in [-0.2, 0) is 9.47 Å². The molecule has 0 saturated carbocycles. The Morgan fingerprint density at radius 1 is 0.957 bits per heavy atom. The Balaban J connectivity index is 2.44. The third-order valence-corrected chi connectivity index (χ3v) is 3.89. The second-order valence-electron chi connectivity index (χ2n) is 6.23. The van der Waals surface area contributed by atoms with E-state index in [2.05, 4.69) is 43.9 Å². The standard InChI is InChI=1S/C19H33NO3/c1-16(2)18-8-7-17(3)15-19(18)23-12-6-9-20(10-13-21-4)11-14-22-5/h7-8,15-16H,6,9-14H2,1-5H3. The lowest BCUT2D eigenvalue weighted by molar-refractivity contribution is 0.110. The van der Waals surface area contributed by atoms with Crippen LogP contribution in [0.1, 0.15) is 37.3 Å². The van der Waals surface area contributed by atoms with E-state index in [1.807, 2.05) is 0 Å². The summed E-state index contributed by atoms with van der Waals surface area (Å²) in [5.41, 5.74) is 2.53. The van der Waals surface area contributed by atoms with Gasteiger partial charge in [0.05, 0.1) is 19.8 Å². The molecule has 0 aromatic heterocycles. The van der Waals surface area contributed by atoms with E-state index in [0.717, 1.165) is 51.6 Å². The highest BCUT2D eigenvalue weighted by atomic mass is 16.5. The molecule has 4 nitrogen and oxygen atoms in total. The third kappa shape index (κ3) is 7.82. The summed E-state index contributed by atoms with van der Waals surface area (Å²) >= 11 is 0. The molecule has 0 radical (unpaired) electrons. The van der Waals surface area contributed by atoms with Gasteiger partial charge in [0, 0.05) is 33.9 Å². The van der Waals surface area contributed by atoms with Gasteiger partial charge in [-0.2, -0.15) is 0 Å². The Kier molecular flexibility index (Phi) is 9.92. The first kappa shape index (κ1) is 19.9. The maximum atomic E-state index is 6.05. The van der Waals surface area contributed by atoms with E-state index in [4.69, 9.17) is 14.2 Å². The van der Waals surface area contributed by atoms with Crippen molar-refractivity contribution in [1.29, 1.82) is 0 Å². The van der Waals surface area contributed by atoms with Gasteiger partial charge in [-0.3, -0.25) is 4.90 Å². The first-order valence-corrected chi connectivity index (χ1v) is 8.52. The number of ether oxygens (including phenoxy) is 3. The van der Waals surface area contributed by atoms with Gasteiger partial charge in [0.15, 0.2) is 0 Å². The van der Waals surface area contributed by atoms with Crippen LogP contribution >= 0.6 is 0 Å². The van der Waals surface area contributed by atoms with Gasteiger partial charge in [-0.05, 0) is 36.5 Å². The Labute approximate surface area is 141 Å². The summed E-state index contributed by atoms with van der Waals surface area (Å²) in [6, 6.07) is 6.47. The van der Waals surface area contributed by atoms with Crippen LogP contribution in [0.4, 0.5) is 0 Å². The summed E-state index contributed by atoms with van der Waals surface area (Å²) in [7, 11) is 3.48. The van der Waals surface area contributed by atoms with Crippen molar-refractivity contribution in [3.8, 4) is 5.75 Å². The number of rotatable bonds is 12. The van der Waals surface area contributed by atoms with Crippen LogP contribution in [0.2, 0.25) is 0 Å². The molecule has 0 aliphatic rings. The Hall–Kier alpha value is -1.10. The third-order valence-electron chi connectivity index (χ3n) is 3.89. The minimum Gasteiger partial charge on any atom is -0.493 e. The second kappa shape index (κ2) is 11.4. The van der Waals surface area contributed by atoms with E-state index >= 15 is 0 Å². The largest absolute Gasteiger partial charge is 0.493 e. The summed E-state index contributed by atoms with van der Waals surface area (Å²) in [6.07, 6.45) is 0.999. The van der Waals surface area contributed by atoms with Crippen molar-refractivity contribution < 1.29 is 14.2 Å². The van der Waals surface area contributed by atoms with Crippen molar-refractivity contribution in [3.63, 3.8) is 0 Å². The van der Waals surface area contributed by atoms with Crippen molar-refractivity contribution in [1.82, 2.24) is 4.90 Å². The van der Waals surface area contributed by atoms with Crippen molar-refractivity contribution in [2.45, 2.75) is 33.1 Å². The Bertz CT molecular complexity index is 427. The van der Waals surface area contributed by atoms with E-state index in [9.17, 15) is 0 Å². The van der Waals surface area contributed by atoms with Gasteiger partial charge in [-0.1, -0.05) is 26.0 Å². The maximum absolute atomic E-state index is 6.05. The Morgan fingerprint density at radius 3 is 2.17 bits per heavy atom. The molecule has 0 aliphatic carbocycles. The molecule has 1 rings (SSSR count). The lowest BCUT2D eigenvalue weighted by Gasteiger charge is -2.22. The van der Waals surface area contributed by atoms with Gasteiger partial charge in [0.1, 0.15) is 5.75 Å². The molecule has 0 atom stereocenters. The van der Waals surface area contributed by atoms with Crippen LogP contribution < -0.4 is 4.74 Å². The fourth-order valence-electron chi connectivity index (χ4n) is 2.49. The van der Waals surface area contributed by atoms with Crippen LogP contribution in [0.25, 0.3) is 0 Å². The lowest BCUT2D eigenvalue weighted by atomic mass is 10.0. The molecule has 0 aliphatic heterocycles. The molecule has 0 unspecified atom stereocenters. The van der Waals surface area contributed by atoms with E-state index < -0.39 is 0 Å². The molecule has 0 N–H and O–H groups in total. The average Bonchev–Trinajstić information content (AvgIpc) is 2.53. The zero-order valence-corrected chi connectivity index (χ0v) is 15.4. The van der Waals surface area contributed by atoms with Gasteiger partial charge in [0.25, 0.3) is 0 Å². The summed E-state index contributed by atoms with van der Waals surface area (Å²) in [4.78, 5) is 2.36. The molecule has 132 valence electrons. The number of nitrogens with zero attached hydrogens (tertiary/aromatic N) is 1. The minimum absolute atomic E-state index is 0.477. The van der Waals surface area contributed by atoms with Gasteiger partial charge >= 0.3 is 0 Å². The van der Waals surface area contributed by atoms with Crippen LogP contribution in [0.3, 0.4) is 0 Å². The smallest absolute Gasteiger partial charge is 0.122 e. The molecular weight excluding hydrogens is 290 g/mol. The van der Waals surface area contributed by atoms with E-state index in [0.29, 0.717) is 5.92 Å². The SMILES string of the molecule is COCCN(CCCOc1cc(C)ccc1C(C)C)CCOC. The first-order valence-electron chi connectivity index (χ1n) is 8.52. The van der Waals surface area contributed by atoms with Gasteiger partial charge < -0.3 is 14.2 Å². The van der Waals surface area contributed by atoms with Crippen molar-refractivity contribution >= 4 is 0 Å². The highest BCUT2D eigenvalue weighted by Gasteiger charge is 2.09. The summed E-state index contributed by atoms with van der Waals surface area (Å²) in [5, 5.41) is 0. The average molecular weight is 323 g/mol. The summed E-state index contributed by atoms with van der Waals surface area (Å²) in [6.45, 7) is 11.6. The predicted octanol–water partition coefficient (Wildman–Crippen LogP) is 3.48. The zero-order valence-electron chi connectivity index (χ0n) is 15.4. The lowest BCUT2D eigenvalue weighted by Crippen LogP contribution is -2.32. The van der Waals surface area contributed by atoms with Crippen molar-refractivity contribution in [2.75, 3.05) is 53.7 Å². The normalized spacial score (nSPS) is 11.4. The highest BCUT2D eigenvalue weighted by molar-refractivity contribution is 5.39. The molecule has 0 spiro atoms. The number of hydrogen-bond acceptors (Lipinski definition) is 4. The summed E-state index contributed by atoms with van der Waals surface area (Å²) in [5.74, 6) is 1.51. The molecule has 0 bridgehead atoms. The van der Waals surface area contributed by atoms with Crippen LogP contribution in [0.5, 0.6) is 5.75 Å². The Morgan fingerprint density at radius 2 is 1.61 bits per heavy atom. The van der Waals surface area contributed by atoms with Crippen LogP contribution in [0, 0.1) is 6.92 Å². The van der Waals surface area contributed by atoms with Gasteiger partial charge in [0.2, 0.25) is 0 Å². The molecule has 4 heteroatoms.